The molecule has 0 aliphatic carbocycles. The van der Waals surface area contributed by atoms with Crippen LogP contribution in [0.1, 0.15) is 51.4 Å². The lowest BCUT2D eigenvalue weighted by Crippen LogP contribution is -2.41. The molecule has 1 N–H and O–H groups in total. The molecule has 3 heteroatoms. The summed E-state index contributed by atoms with van der Waals surface area (Å²) in [5.74, 6) is 0.964. The van der Waals surface area contributed by atoms with Gasteiger partial charge in [0.05, 0.1) is 6.10 Å². The number of ether oxygens (including phenoxy) is 1. The van der Waals surface area contributed by atoms with Crippen molar-refractivity contribution in [2.75, 3.05) is 32.8 Å². The highest BCUT2D eigenvalue weighted by Crippen LogP contribution is 2.30. The van der Waals surface area contributed by atoms with Crippen molar-refractivity contribution in [3.8, 4) is 0 Å². The highest BCUT2D eigenvalue weighted by Gasteiger charge is 2.31. The van der Waals surface area contributed by atoms with Crippen LogP contribution in [0.15, 0.2) is 0 Å². The van der Waals surface area contributed by atoms with Gasteiger partial charge in [-0.3, -0.25) is 0 Å². The summed E-state index contributed by atoms with van der Waals surface area (Å²) in [4.78, 5) is 2.80. The molecule has 19 heavy (non-hydrogen) atoms. The molecule has 3 rings (SSSR count). The van der Waals surface area contributed by atoms with Crippen molar-refractivity contribution in [1.29, 1.82) is 0 Å². The molecule has 2 atom stereocenters. The van der Waals surface area contributed by atoms with Gasteiger partial charge < -0.3 is 15.0 Å². The van der Waals surface area contributed by atoms with E-state index in [9.17, 15) is 0 Å². The maximum Gasteiger partial charge on any atom is 0.0576 e. The van der Waals surface area contributed by atoms with E-state index in [1.165, 1.54) is 77.5 Å². The average molecular weight is 266 g/mol. The summed E-state index contributed by atoms with van der Waals surface area (Å²) >= 11 is 0. The zero-order valence-corrected chi connectivity index (χ0v) is 12.3. The monoisotopic (exact) mass is 266 g/mol. The van der Waals surface area contributed by atoms with E-state index >= 15 is 0 Å². The third-order valence-corrected chi connectivity index (χ3v) is 5.34. The van der Waals surface area contributed by atoms with Gasteiger partial charge >= 0.3 is 0 Å². The lowest BCUT2D eigenvalue weighted by atomic mass is 9.88. The van der Waals surface area contributed by atoms with E-state index in [0.717, 1.165) is 18.6 Å². The third-order valence-electron chi connectivity index (χ3n) is 5.34. The van der Waals surface area contributed by atoms with Gasteiger partial charge in [0.2, 0.25) is 0 Å². The number of piperidine rings is 1. The number of hydrogen-bond donors (Lipinski definition) is 1. The van der Waals surface area contributed by atoms with Gasteiger partial charge in [0, 0.05) is 12.6 Å². The van der Waals surface area contributed by atoms with Gasteiger partial charge in [-0.25, -0.2) is 0 Å². The predicted molar refractivity (Wildman–Crippen MR) is 78.4 cm³/mol. The molecule has 3 heterocycles. The minimum Gasteiger partial charge on any atom is -0.378 e. The highest BCUT2D eigenvalue weighted by molar-refractivity contribution is 4.87. The number of nitrogens with zero attached hydrogens (tertiary/aromatic N) is 1. The van der Waals surface area contributed by atoms with Crippen LogP contribution in [-0.4, -0.2) is 49.8 Å². The number of rotatable bonds is 5. The molecule has 2 unspecified atom stereocenters. The molecule has 3 saturated heterocycles. The largest absolute Gasteiger partial charge is 0.378 e. The van der Waals surface area contributed by atoms with E-state index in [4.69, 9.17) is 4.74 Å². The van der Waals surface area contributed by atoms with Crippen LogP contribution in [0.2, 0.25) is 0 Å². The Labute approximate surface area is 118 Å². The van der Waals surface area contributed by atoms with Gasteiger partial charge in [0.1, 0.15) is 0 Å². The fourth-order valence-corrected chi connectivity index (χ4v) is 4.29. The maximum absolute atomic E-state index is 5.73. The molecule has 0 amide bonds. The molecule has 0 aromatic rings. The zero-order chi connectivity index (χ0) is 12.9. The van der Waals surface area contributed by atoms with Gasteiger partial charge in [-0.2, -0.15) is 0 Å². The molecule has 0 spiro atoms. The van der Waals surface area contributed by atoms with Crippen molar-refractivity contribution in [2.24, 2.45) is 5.92 Å². The number of likely N-dealkylation sites (tertiary alicyclic amines) is 1. The fraction of sp³-hybridized carbons (Fsp3) is 1.00. The Bertz CT molecular complexity index is 259. The zero-order valence-electron chi connectivity index (χ0n) is 12.3. The second-order valence-electron chi connectivity index (χ2n) is 6.61. The van der Waals surface area contributed by atoms with Gasteiger partial charge in [-0.15, -0.1) is 0 Å². The van der Waals surface area contributed by atoms with Crippen LogP contribution in [0.5, 0.6) is 0 Å². The van der Waals surface area contributed by atoms with Crippen molar-refractivity contribution in [1.82, 2.24) is 10.2 Å². The summed E-state index contributed by atoms with van der Waals surface area (Å²) in [6, 6.07) is 0.895. The first kappa shape index (κ1) is 13.8. The molecule has 0 aromatic heterocycles. The van der Waals surface area contributed by atoms with Crippen LogP contribution < -0.4 is 5.32 Å². The second kappa shape index (κ2) is 7.05. The lowest BCUT2D eigenvalue weighted by Gasteiger charge is -2.34. The van der Waals surface area contributed by atoms with Crippen LogP contribution in [-0.2, 0) is 4.74 Å². The first-order valence-corrected chi connectivity index (χ1v) is 8.50. The van der Waals surface area contributed by atoms with Crippen LogP contribution >= 0.6 is 0 Å². The Balaban J connectivity index is 1.40. The minimum atomic E-state index is 0.583. The standard InChI is InChI=1S/C16H30N2O/c1(4-15-5-3-13-19-15)11-18-12-2-6-16(18)14-7-9-17-10-8-14/h14-17H,1-13H2. The molecule has 3 aliphatic rings. The van der Waals surface area contributed by atoms with Crippen LogP contribution in [0.4, 0.5) is 0 Å². The summed E-state index contributed by atoms with van der Waals surface area (Å²) in [6.45, 7) is 6.15. The highest BCUT2D eigenvalue weighted by atomic mass is 16.5. The van der Waals surface area contributed by atoms with E-state index in [-0.39, 0.29) is 0 Å². The van der Waals surface area contributed by atoms with Crippen molar-refractivity contribution < 1.29 is 4.74 Å². The van der Waals surface area contributed by atoms with E-state index in [0.29, 0.717) is 6.10 Å². The smallest absolute Gasteiger partial charge is 0.0576 e. The third kappa shape index (κ3) is 3.71. The molecule has 0 radical (unpaired) electrons. The Morgan fingerprint density at radius 1 is 1.05 bits per heavy atom. The van der Waals surface area contributed by atoms with Gasteiger partial charge in [0.15, 0.2) is 0 Å². The summed E-state index contributed by atoms with van der Waals surface area (Å²) < 4.78 is 5.73. The Morgan fingerprint density at radius 2 is 1.95 bits per heavy atom. The first-order valence-electron chi connectivity index (χ1n) is 8.50. The molecule has 3 fully saturated rings. The van der Waals surface area contributed by atoms with Crippen LogP contribution in [0.3, 0.4) is 0 Å². The maximum atomic E-state index is 5.73. The van der Waals surface area contributed by atoms with Crippen LogP contribution in [0.25, 0.3) is 0 Å². The molecule has 3 nitrogen and oxygen atoms in total. The molecule has 0 aromatic carbocycles. The van der Waals surface area contributed by atoms with Gasteiger partial charge in [0.25, 0.3) is 0 Å². The van der Waals surface area contributed by atoms with Crippen molar-refractivity contribution >= 4 is 0 Å². The second-order valence-corrected chi connectivity index (χ2v) is 6.61. The van der Waals surface area contributed by atoms with E-state index in [1.807, 2.05) is 0 Å². The van der Waals surface area contributed by atoms with Crippen molar-refractivity contribution in [3.05, 3.63) is 0 Å². The molecule has 0 bridgehead atoms. The predicted octanol–water partition coefficient (Wildman–Crippen LogP) is 2.41. The summed E-state index contributed by atoms with van der Waals surface area (Å²) in [7, 11) is 0. The molecule has 3 aliphatic heterocycles. The van der Waals surface area contributed by atoms with Crippen molar-refractivity contribution in [2.45, 2.75) is 63.5 Å². The Hall–Kier alpha value is -0.120. The number of nitrogens with one attached hydrogen (secondary N) is 1. The SMILES string of the molecule is C1COC(CCCN2CCCC2C2CCNCC2)C1. The first-order chi connectivity index (χ1) is 9.43. The minimum absolute atomic E-state index is 0.583. The quantitative estimate of drug-likeness (QED) is 0.827. The Morgan fingerprint density at radius 3 is 2.74 bits per heavy atom. The van der Waals surface area contributed by atoms with E-state index in [2.05, 4.69) is 10.2 Å². The lowest BCUT2D eigenvalue weighted by molar-refractivity contribution is 0.0946. The van der Waals surface area contributed by atoms with E-state index < -0.39 is 0 Å². The summed E-state index contributed by atoms with van der Waals surface area (Å²) in [5.41, 5.74) is 0. The average Bonchev–Trinajstić information content (AvgIpc) is 3.11. The summed E-state index contributed by atoms with van der Waals surface area (Å²) in [6.07, 6.45) is 11.5. The molecular weight excluding hydrogens is 236 g/mol. The van der Waals surface area contributed by atoms with E-state index in [1.54, 1.807) is 0 Å². The van der Waals surface area contributed by atoms with Gasteiger partial charge in [-0.1, -0.05) is 0 Å². The number of hydrogen-bond acceptors (Lipinski definition) is 3. The molecule has 0 saturated carbocycles. The van der Waals surface area contributed by atoms with Crippen LogP contribution in [0, 0.1) is 5.92 Å². The van der Waals surface area contributed by atoms with Crippen molar-refractivity contribution in [3.63, 3.8) is 0 Å². The summed E-state index contributed by atoms with van der Waals surface area (Å²) in [5, 5.41) is 3.50. The molecule has 110 valence electrons. The fourth-order valence-electron chi connectivity index (χ4n) is 4.29. The molecular formula is C16H30N2O. The van der Waals surface area contributed by atoms with Gasteiger partial charge in [-0.05, 0) is 83.5 Å². The Kier molecular flexibility index (Phi) is 5.14. The normalized spacial score (nSPS) is 34.1. The topological polar surface area (TPSA) is 24.5 Å².